The molecule has 0 aliphatic carbocycles. The molecule has 16 heavy (non-hydrogen) atoms. The number of nitrogens with zero attached hydrogens (tertiary/aromatic N) is 2. The van der Waals surface area contributed by atoms with Crippen molar-refractivity contribution in [1.29, 1.82) is 0 Å². The minimum absolute atomic E-state index is 0.0898. The maximum atomic E-state index is 11.1. The zero-order chi connectivity index (χ0) is 12.1. The third kappa shape index (κ3) is 3.54. The van der Waals surface area contributed by atoms with E-state index < -0.39 is 12.0 Å². The van der Waals surface area contributed by atoms with Gasteiger partial charge >= 0.3 is 5.97 Å². The van der Waals surface area contributed by atoms with E-state index >= 15 is 0 Å². The van der Waals surface area contributed by atoms with E-state index in [1.165, 1.54) is 7.11 Å². The Balaban J connectivity index is 2.55. The molecule has 0 saturated heterocycles. The van der Waals surface area contributed by atoms with E-state index in [1.807, 2.05) is 13.8 Å². The van der Waals surface area contributed by atoms with Gasteiger partial charge in [-0.3, -0.25) is 9.48 Å². The molecule has 1 aromatic rings. The molecule has 1 unspecified atom stereocenters. The van der Waals surface area contributed by atoms with Crippen molar-refractivity contribution < 1.29 is 14.3 Å². The van der Waals surface area contributed by atoms with Gasteiger partial charge in [0.05, 0.1) is 32.2 Å². The number of hydrogen-bond acceptors (Lipinski definition) is 5. The lowest BCUT2D eigenvalue weighted by atomic mass is 10.3. The van der Waals surface area contributed by atoms with Gasteiger partial charge in [0.2, 0.25) is 0 Å². The lowest BCUT2D eigenvalue weighted by molar-refractivity contribution is -0.142. The minimum Gasteiger partial charge on any atom is -0.488 e. The van der Waals surface area contributed by atoms with Gasteiger partial charge in [0, 0.05) is 0 Å². The molecule has 90 valence electrons. The smallest absolute Gasteiger partial charge is 0.324 e. The van der Waals surface area contributed by atoms with Gasteiger partial charge in [-0.25, -0.2) is 0 Å². The van der Waals surface area contributed by atoms with Crippen LogP contribution in [0.1, 0.15) is 13.8 Å². The van der Waals surface area contributed by atoms with Crippen LogP contribution in [0.4, 0.5) is 0 Å². The highest BCUT2D eigenvalue weighted by atomic mass is 16.5. The number of esters is 1. The topological polar surface area (TPSA) is 79.4 Å². The third-order valence-electron chi connectivity index (χ3n) is 1.87. The Kier molecular flexibility index (Phi) is 4.30. The van der Waals surface area contributed by atoms with Crippen molar-refractivity contribution >= 4 is 5.97 Å². The van der Waals surface area contributed by atoms with Gasteiger partial charge in [0.15, 0.2) is 5.75 Å². The average Bonchev–Trinajstić information content (AvgIpc) is 2.63. The molecule has 0 saturated carbocycles. The summed E-state index contributed by atoms with van der Waals surface area (Å²) in [6, 6.07) is -0.711. The number of rotatable bonds is 5. The number of nitrogens with two attached hydrogens (primary N) is 1. The summed E-state index contributed by atoms with van der Waals surface area (Å²) in [7, 11) is 1.30. The molecule has 2 N–H and O–H groups in total. The van der Waals surface area contributed by atoms with Crippen molar-refractivity contribution in [3.63, 3.8) is 0 Å². The van der Waals surface area contributed by atoms with Crippen LogP contribution in [0.25, 0.3) is 0 Å². The van der Waals surface area contributed by atoms with Gasteiger partial charge in [-0.2, -0.15) is 5.10 Å². The predicted octanol–water partition coefficient (Wildman–Crippen LogP) is 0.171. The van der Waals surface area contributed by atoms with E-state index in [4.69, 9.17) is 10.5 Å². The number of carbonyl (C=O) groups excluding carboxylic acids is 1. The van der Waals surface area contributed by atoms with Crippen molar-refractivity contribution in [1.82, 2.24) is 9.78 Å². The monoisotopic (exact) mass is 227 g/mol. The second-order valence-electron chi connectivity index (χ2n) is 3.69. The predicted molar refractivity (Wildman–Crippen MR) is 58.0 cm³/mol. The van der Waals surface area contributed by atoms with E-state index in [1.54, 1.807) is 17.1 Å². The van der Waals surface area contributed by atoms with Crippen molar-refractivity contribution in [2.45, 2.75) is 32.5 Å². The maximum Gasteiger partial charge on any atom is 0.324 e. The number of methoxy groups -OCH3 is 1. The zero-order valence-corrected chi connectivity index (χ0v) is 9.71. The number of ether oxygens (including phenoxy) is 2. The molecule has 0 bridgehead atoms. The zero-order valence-electron chi connectivity index (χ0n) is 9.71. The van der Waals surface area contributed by atoms with Gasteiger partial charge < -0.3 is 15.2 Å². The summed E-state index contributed by atoms with van der Waals surface area (Å²) in [5, 5.41) is 4.03. The highest BCUT2D eigenvalue weighted by molar-refractivity contribution is 5.75. The first-order chi connectivity index (χ1) is 7.52. The first-order valence-electron chi connectivity index (χ1n) is 5.05. The molecule has 6 nitrogen and oxygen atoms in total. The van der Waals surface area contributed by atoms with E-state index in [-0.39, 0.29) is 12.6 Å². The lowest BCUT2D eigenvalue weighted by Crippen LogP contribution is -2.35. The van der Waals surface area contributed by atoms with E-state index in [0.29, 0.717) is 5.75 Å². The highest BCUT2D eigenvalue weighted by Gasteiger charge is 2.15. The molecule has 0 spiro atoms. The molecule has 0 amide bonds. The van der Waals surface area contributed by atoms with Gasteiger partial charge in [-0.05, 0) is 13.8 Å². The van der Waals surface area contributed by atoms with Gasteiger partial charge in [-0.15, -0.1) is 0 Å². The molecular weight excluding hydrogens is 210 g/mol. The normalized spacial score (nSPS) is 12.6. The second-order valence-corrected chi connectivity index (χ2v) is 3.69. The number of hydrogen-bond donors (Lipinski definition) is 1. The number of carbonyl (C=O) groups is 1. The average molecular weight is 227 g/mol. The van der Waals surface area contributed by atoms with Gasteiger partial charge in [0.25, 0.3) is 0 Å². The Bertz CT molecular complexity index is 349. The molecule has 0 aliphatic heterocycles. The quantitative estimate of drug-likeness (QED) is 0.725. The van der Waals surface area contributed by atoms with E-state index in [9.17, 15) is 4.79 Å². The van der Waals surface area contributed by atoms with Crippen LogP contribution in [-0.4, -0.2) is 35.0 Å². The standard InChI is InChI=1S/C10H17N3O3/c1-7(2)16-8-4-12-13(5-8)6-9(11)10(14)15-3/h4-5,7,9H,6,11H2,1-3H3. The molecule has 6 heteroatoms. The molecule has 1 aromatic heterocycles. The third-order valence-corrected chi connectivity index (χ3v) is 1.87. The fraction of sp³-hybridized carbons (Fsp3) is 0.600. The lowest BCUT2D eigenvalue weighted by Gasteiger charge is -2.09. The highest BCUT2D eigenvalue weighted by Crippen LogP contribution is 2.10. The molecule has 1 heterocycles. The van der Waals surface area contributed by atoms with Gasteiger partial charge in [0.1, 0.15) is 6.04 Å². The second kappa shape index (κ2) is 5.50. The molecule has 0 fully saturated rings. The molecule has 0 aromatic carbocycles. The Morgan fingerprint density at radius 2 is 2.31 bits per heavy atom. The Hall–Kier alpha value is -1.56. The summed E-state index contributed by atoms with van der Waals surface area (Å²) >= 11 is 0. The van der Waals surface area contributed by atoms with Crippen LogP contribution < -0.4 is 10.5 Å². The molecule has 0 radical (unpaired) electrons. The summed E-state index contributed by atoms with van der Waals surface area (Å²) in [6.45, 7) is 4.13. The summed E-state index contributed by atoms with van der Waals surface area (Å²) < 4.78 is 11.5. The molecule has 0 aliphatic rings. The summed E-state index contributed by atoms with van der Waals surface area (Å²) in [5.74, 6) is 0.203. The first-order valence-corrected chi connectivity index (χ1v) is 5.05. The van der Waals surface area contributed by atoms with E-state index in [0.717, 1.165) is 0 Å². The van der Waals surface area contributed by atoms with Crippen molar-refractivity contribution in [2.75, 3.05) is 7.11 Å². The summed E-state index contributed by atoms with van der Waals surface area (Å²) in [5.41, 5.74) is 5.59. The minimum atomic E-state index is -0.711. The van der Waals surface area contributed by atoms with Crippen molar-refractivity contribution in [2.24, 2.45) is 5.73 Å². The molecule has 1 atom stereocenters. The maximum absolute atomic E-state index is 11.1. The van der Waals surface area contributed by atoms with Gasteiger partial charge in [-0.1, -0.05) is 0 Å². The largest absolute Gasteiger partial charge is 0.488 e. The summed E-state index contributed by atoms with van der Waals surface area (Å²) in [4.78, 5) is 11.1. The van der Waals surface area contributed by atoms with Crippen LogP contribution in [-0.2, 0) is 16.1 Å². The Labute approximate surface area is 94.3 Å². The van der Waals surface area contributed by atoms with Crippen LogP contribution in [0.2, 0.25) is 0 Å². The fourth-order valence-corrected chi connectivity index (χ4v) is 1.20. The Morgan fingerprint density at radius 1 is 1.62 bits per heavy atom. The van der Waals surface area contributed by atoms with Crippen molar-refractivity contribution in [3.05, 3.63) is 12.4 Å². The molecular formula is C10H17N3O3. The first kappa shape index (κ1) is 12.5. The molecule has 1 rings (SSSR count). The summed E-state index contributed by atoms with van der Waals surface area (Å²) in [6.07, 6.45) is 3.37. The van der Waals surface area contributed by atoms with Crippen LogP contribution in [0.3, 0.4) is 0 Å². The van der Waals surface area contributed by atoms with E-state index in [2.05, 4.69) is 9.84 Å². The van der Waals surface area contributed by atoms with Crippen LogP contribution >= 0.6 is 0 Å². The van der Waals surface area contributed by atoms with Crippen LogP contribution in [0.15, 0.2) is 12.4 Å². The SMILES string of the molecule is COC(=O)C(N)Cn1cc(OC(C)C)cn1. The Morgan fingerprint density at radius 3 is 2.88 bits per heavy atom. The van der Waals surface area contributed by atoms with Crippen LogP contribution in [0.5, 0.6) is 5.75 Å². The number of aromatic nitrogens is 2. The fourth-order valence-electron chi connectivity index (χ4n) is 1.20. The van der Waals surface area contributed by atoms with Crippen LogP contribution in [0, 0.1) is 0 Å². The van der Waals surface area contributed by atoms with Crippen molar-refractivity contribution in [3.8, 4) is 5.75 Å².